The molecule has 7 heteroatoms. The Morgan fingerprint density at radius 2 is 1.85 bits per heavy atom. The molecule has 0 bridgehead atoms. The lowest BCUT2D eigenvalue weighted by Gasteiger charge is -2.27. The summed E-state index contributed by atoms with van der Waals surface area (Å²) < 4.78 is 5.29. The summed E-state index contributed by atoms with van der Waals surface area (Å²) in [6.07, 6.45) is -0.120. The number of carbonyl (C=O) groups is 2. The Morgan fingerprint density at radius 3 is 2.59 bits per heavy atom. The number of hydrogen-bond donors (Lipinski definition) is 3. The molecular weight excluding hydrogens is 346 g/mol. The van der Waals surface area contributed by atoms with Gasteiger partial charge in [0, 0.05) is 31.9 Å². The van der Waals surface area contributed by atoms with Crippen LogP contribution in [0.2, 0.25) is 0 Å². The number of nitrogens with zero attached hydrogens (tertiary/aromatic N) is 1. The molecule has 0 aromatic heterocycles. The van der Waals surface area contributed by atoms with Crippen LogP contribution in [0.4, 0.5) is 5.69 Å². The van der Waals surface area contributed by atoms with Gasteiger partial charge in [-0.2, -0.15) is 0 Å². The maximum absolute atomic E-state index is 12.3. The first kappa shape index (κ1) is 19.3. The molecule has 1 heterocycles. The van der Waals surface area contributed by atoms with Crippen LogP contribution in [0, 0.1) is 0 Å². The van der Waals surface area contributed by atoms with Gasteiger partial charge in [0.05, 0.1) is 19.6 Å². The molecule has 3 N–H and O–H groups in total. The normalized spacial score (nSPS) is 16.1. The van der Waals surface area contributed by atoms with Gasteiger partial charge in [-0.05, 0) is 22.9 Å². The lowest BCUT2D eigenvalue weighted by Crippen LogP contribution is -2.45. The average Bonchev–Trinajstić information content (AvgIpc) is 2.68. The van der Waals surface area contributed by atoms with Crippen molar-refractivity contribution in [3.63, 3.8) is 0 Å². The quantitative estimate of drug-likeness (QED) is 0.652. The van der Waals surface area contributed by atoms with Gasteiger partial charge in [-0.1, -0.05) is 30.3 Å². The molecule has 7 nitrogen and oxygen atoms in total. The van der Waals surface area contributed by atoms with E-state index in [1.165, 1.54) is 0 Å². The molecule has 2 aromatic rings. The summed E-state index contributed by atoms with van der Waals surface area (Å²) in [7, 11) is 0. The molecule has 1 aliphatic rings. The summed E-state index contributed by atoms with van der Waals surface area (Å²) in [5.41, 5.74) is 0.663. The summed E-state index contributed by atoms with van der Waals surface area (Å²) in [4.78, 5) is 26.0. The van der Waals surface area contributed by atoms with E-state index in [9.17, 15) is 14.7 Å². The molecular formula is C20H25N3O4. The van der Waals surface area contributed by atoms with Crippen molar-refractivity contribution in [1.29, 1.82) is 0 Å². The molecule has 0 aliphatic carbocycles. The fraction of sp³-hybridized carbons (Fsp3) is 0.400. The van der Waals surface area contributed by atoms with Crippen molar-refractivity contribution in [2.24, 2.45) is 0 Å². The molecule has 1 atom stereocenters. The molecule has 0 spiro atoms. The van der Waals surface area contributed by atoms with Gasteiger partial charge < -0.3 is 20.5 Å². The van der Waals surface area contributed by atoms with Crippen LogP contribution in [0.1, 0.15) is 6.42 Å². The topological polar surface area (TPSA) is 90.9 Å². The van der Waals surface area contributed by atoms with Crippen LogP contribution in [-0.4, -0.2) is 67.3 Å². The molecule has 27 heavy (non-hydrogen) atoms. The minimum atomic E-state index is -1.02. The Bertz CT molecular complexity index is 790. The first-order valence-corrected chi connectivity index (χ1v) is 9.17. The number of morpholine rings is 1. The number of hydrogen-bond acceptors (Lipinski definition) is 5. The number of nitrogens with one attached hydrogen (secondary N) is 2. The van der Waals surface area contributed by atoms with Crippen LogP contribution in [0.25, 0.3) is 10.8 Å². The average molecular weight is 371 g/mol. The molecule has 1 saturated heterocycles. The van der Waals surface area contributed by atoms with Gasteiger partial charge in [-0.15, -0.1) is 0 Å². The number of carboxylic acid groups (broad SMARTS) is 1. The third kappa shape index (κ3) is 5.75. The van der Waals surface area contributed by atoms with E-state index in [4.69, 9.17) is 4.74 Å². The van der Waals surface area contributed by atoms with E-state index < -0.39 is 12.0 Å². The first-order valence-electron chi connectivity index (χ1n) is 9.17. The maximum Gasteiger partial charge on any atom is 0.321 e. The minimum absolute atomic E-state index is 0.120. The van der Waals surface area contributed by atoms with E-state index in [1.54, 1.807) is 0 Å². The second-order valence-corrected chi connectivity index (χ2v) is 6.61. The lowest BCUT2D eigenvalue weighted by molar-refractivity contribution is -0.141. The minimum Gasteiger partial charge on any atom is -0.480 e. The van der Waals surface area contributed by atoms with Crippen LogP contribution in [0.5, 0.6) is 0 Å². The number of ether oxygens (including phenoxy) is 1. The summed E-state index contributed by atoms with van der Waals surface area (Å²) in [5.74, 6) is -1.35. The summed E-state index contributed by atoms with van der Waals surface area (Å²) in [6.45, 7) is 4.36. The number of amides is 1. The molecule has 0 radical (unpaired) electrons. The van der Waals surface area contributed by atoms with Crippen molar-refractivity contribution >= 4 is 28.3 Å². The summed E-state index contributed by atoms with van der Waals surface area (Å²) in [6, 6.07) is 12.6. The monoisotopic (exact) mass is 371 g/mol. The Balaban J connectivity index is 1.50. The van der Waals surface area contributed by atoms with Gasteiger partial charge >= 0.3 is 5.97 Å². The zero-order chi connectivity index (χ0) is 19.1. The van der Waals surface area contributed by atoms with Crippen LogP contribution in [0.15, 0.2) is 42.5 Å². The number of carboxylic acids is 1. The Morgan fingerprint density at radius 1 is 1.11 bits per heavy atom. The van der Waals surface area contributed by atoms with Gasteiger partial charge in [0.2, 0.25) is 5.91 Å². The summed E-state index contributed by atoms with van der Waals surface area (Å²) in [5, 5.41) is 17.3. The summed E-state index contributed by atoms with van der Waals surface area (Å²) >= 11 is 0. The second kappa shape index (κ2) is 9.45. The SMILES string of the molecule is O=C(C[C@@H](NCCN1CCOCC1)C(=O)O)Nc1ccc2ccccc2c1. The molecule has 0 saturated carbocycles. The predicted octanol–water partition coefficient (Wildman–Crippen LogP) is 1.54. The zero-order valence-corrected chi connectivity index (χ0v) is 15.2. The lowest BCUT2D eigenvalue weighted by atomic mass is 10.1. The second-order valence-electron chi connectivity index (χ2n) is 6.61. The van der Waals surface area contributed by atoms with Crippen molar-refractivity contribution in [2.75, 3.05) is 44.7 Å². The molecule has 144 valence electrons. The van der Waals surface area contributed by atoms with Gasteiger partial charge in [0.15, 0.2) is 0 Å². The molecule has 3 rings (SSSR count). The van der Waals surface area contributed by atoms with E-state index >= 15 is 0 Å². The van der Waals surface area contributed by atoms with Crippen molar-refractivity contribution in [1.82, 2.24) is 10.2 Å². The highest BCUT2D eigenvalue weighted by molar-refractivity contribution is 5.96. The predicted molar refractivity (Wildman–Crippen MR) is 104 cm³/mol. The number of fused-ring (bicyclic) bond motifs is 1. The van der Waals surface area contributed by atoms with Gasteiger partial charge in [-0.25, -0.2) is 0 Å². The molecule has 0 unspecified atom stereocenters. The Kier molecular flexibility index (Phi) is 6.75. The van der Waals surface area contributed by atoms with Crippen molar-refractivity contribution in [2.45, 2.75) is 12.5 Å². The number of carbonyl (C=O) groups excluding carboxylic acids is 1. The van der Waals surface area contributed by atoms with Gasteiger partial charge in [0.25, 0.3) is 0 Å². The maximum atomic E-state index is 12.3. The van der Waals surface area contributed by atoms with E-state index in [0.717, 1.165) is 30.4 Å². The van der Waals surface area contributed by atoms with Gasteiger partial charge in [-0.3, -0.25) is 14.5 Å². The molecule has 1 aliphatic heterocycles. The van der Waals surface area contributed by atoms with Crippen LogP contribution >= 0.6 is 0 Å². The fourth-order valence-corrected chi connectivity index (χ4v) is 3.13. The highest BCUT2D eigenvalue weighted by Crippen LogP contribution is 2.19. The highest BCUT2D eigenvalue weighted by Gasteiger charge is 2.21. The van der Waals surface area contributed by atoms with Crippen molar-refractivity contribution in [3.8, 4) is 0 Å². The largest absolute Gasteiger partial charge is 0.480 e. The number of benzene rings is 2. The molecule has 1 fully saturated rings. The van der Waals surface area contributed by atoms with E-state index in [0.29, 0.717) is 25.4 Å². The van der Waals surface area contributed by atoms with Crippen molar-refractivity contribution < 1.29 is 19.4 Å². The number of aliphatic carboxylic acids is 1. The standard InChI is InChI=1S/C20H25N3O4/c24-19(22-17-6-5-15-3-1-2-4-16(15)13-17)14-18(20(25)26)21-7-8-23-9-11-27-12-10-23/h1-6,13,18,21H,7-12,14H2,(H,22,24)(H,25,26)/t18-/m1/s1. The smallest absolute Gasteiger partial charge is 0.321 e. The molecule has 1 amide bonds. The third-order valence-electron chi connectivity index (χ3n) is 4.64. The first-order chi connectivity index (χ1) is 13.1. The van der Waals surface area contributed by atoms with Gasteiger partial charge in [0.1, 0.15) is 6.04 Å². The zero-order valence-electron chi connectivity index (χ0n) is 15.2. The van der Waals surface area contributed by atoms with E-state index in [2.05, 4.69) is 15.5 Å². The number of anilines is 1. The van der Waals surface area contributed by atoms with Crippen LogP contribution < -0.4 is 10.6 Å². The third-order valence-corrected chi connectivity index (χ3v) is 4.64. The van der Waals surface area contributed by atoms with Crippen LogP contribution in [0.3, 0.4) is 0 Å². The fourth-order valence-electron chi connectivity index (χ4n) is 3.13. The number of rotatable bonds is 8. The molecule has 2 aromatic carbocycles. The van der Waals surface area contributed by atoms with E-state index in [-0.39, 0.29) is 12.3 Å². The van der Waals surface area contributed by atoms with E-state index in [1.807, 2.05) is 42.5 Å². The van der Waals surface area contributed by atoms with Crippen LogP contribution in [-0.2, 0) is 14.3 Å². The Labute approximate surface area is 158 Å². The van der Waals surface area contributed by atoms with Crippen molar-refractivity contribution in [3.05, 3.63) is 42.5 Å². The highest BCUT2D eigenvalue weighted by atomic mass is 16.5. The Hall–Kier alpha value is -2.48.